The Bertz CT molecular complexity index is 609. The van der Waals surface area contributed by atoms with Crippen molar-refractivity contribution in [3.8, 4) is 5.75 Å². The summed E-state index contributed by atoms with van der Waals surface area (Å²) in [6.45, 7) is 7.84. The highest BCUT2D eigenvalue weighted by Crippen LogP contribution is 2.24. The van der Waals surface area contributed by atoms with Gasteiger partial charge in [-0.05, 0) is 38.8 Å². The molecule has 0 aliphatic carbocycles. The van der Waals surface area contributed by atoms with E-state index in [-0.39, 0.29) is 12.5 Å². The summed E-state index contributed by atoms with van der Waals surface area (Å²) >= 11 is 0. The van der Waals surface area contributed by atoms with Crippen molar-refractivity contribution in [2.45, 2.75) is 27.7 Å². The molecule has 0 radical (unpaired) electrons. The number of H-pyrrole nitrogens is 1. The fraction of sp³-hybridized carbons (Fsp3) is 0.333. The van der Waals surface area contributed by atoms with Crippen LogP contribution in [-0.2, 0) is 4.79 Å². The molecule has 0 saturated carbocycles. The van der Waals surface area contributed by atoms with E-state index < -0.39 is 0 Å². The molecule has 2 rings (SSSR count). The Labute approximate surface area is 118 Å². The van der Waals surface area contributed by atoms with Gasteiger partial charge in [0.25, 0.3) is 5.91 Å². The third kappa shape index (κ3) is 3.17. The molecule has 0 aliphatic rings. The van der Waals surface area contributed by atoms with E-state index in [0.29, 0.717) is 5.82 Å². The van der Waals surface area contributed by atoms with Crippen LogP contribution in [0, 0.1) is 27.7 Å². The lowest BCUT2D eigenvalue weighted by atomic mass is 10.1. The van der Waals surface area contributed by atoms with Gasteiger partial charge in [-0.1, -0.05) is 17.7 Å². The second-order valence-electron chi connectivity index (χ2n) is 4.99. The van der Waals surface area contributed by atoms with Crippen molar-refractivity contribution in [1.82, 2.24) is 10.2 Å². The smallest absolute Gasteiger partial charge is 0.263 e. The van der Waals surface area contributed by atoms with Crippen LogP contribution in [0.25, 0.3) is 0 Å². The molecule has 1 amide bonds. The Morgan fingerprint density at radius 1 is 1.20 bits per heavy atom. The van der Waals surface area contributed by atoms with Gasteiger partial charge in [-0.2, -0.15) is 5.10 Å². The zero-order valence-electron chi connectivity index (χ0n) is 12.2. The van der Waals surface area contributed by atoms with E-state index in [1.807, 2.05) is 39.8 Å². The number of hydrogen-bond acceptors (Lipinski definition) is 3. The number of nitrogens with zero attached hydrogens (tertiary/aromatic N) is 1. The summed E-state index contributed by atoms with van der Waals surface area (Å²) in [6.07, 6.45) is 1.66. The number of aromatic amines is 1. The molecular formula is C15H19N3O2. The van der Waals surface area contributed by atoms with Crippen molar-refractivity contribution < 1.29 is 9.53 Å². The molecular weight excluding hydrogens is 254 g/mol. The van der Waals surface area contributed by atoms with Crippen molar-refractivity contribution in [3.63, 3.8) is 0 Å². The van der Waals surface area contributed by atoms with E-state index >= 15 is 0 Å². The van der Waals surface area contributed by atoms with Gasteiger partial charge in [-0.3, -0.25) is 9.89 Å². The van der Waals surface area contributed by atoms with Crippen LogP contribution in [0.5, 0.6) is 5.75 Å². The molecule has 2 N–H and O–H groups in total. The van der Waals surface area contributed by atoms with Gasteiger partial charge in [0.1, 0.15) is 11.6 Å². The van der Waals surface area contributed by atoms with Crippen molar-refractivity contribution in [3.05, 3.63) is 40.6 Å². The Hall–Kier alpha value is -2.30. The number of ether oxygens (including phenoxy) is 1. The van der Waals surface area contributed by atoms with E-state index in [4.69, 9.17) is 4.74 Å². The fourth-order valence-electron chi connectivity index (χ4n) is 2.18. The van der Waals surface area contributed by atoms with Gasteiger partial charge < -0.3 is 10.1 Å². The maximum absolute atomic E-state index is 11.8. The quantitative estimate of drug-likeness (QED) is 0.900. The molecule has 1 aromatic carbocycles. The summed E-state index contributed by atoms with van der Waals surface area (Å²) in [5.41, 5.74) is 4.15. The third-order valence-electron chi connectivity index (χ3n) is 3.05. The highest BCUT2D eigenvalue weighted by molar-refractivity contribution is 5.91. The van der Waals surface area contributed by atoms with Gasteiger partial charge in [0.2, 0.25) is 0 Å². The molecule has 1 aromatic heterocycles. The zero-order chi connectivity index (χ0) is 14.7. The van der Waals surface area contributed by atoms with E-state index in [1.165, 1.54) is 5.56 Å². The number of carbonyl (C=O) groups is 1. The second kappa shape index (κ2) is 5.77. The minimum Gasteiger partial charge on any atom is -0.483 e. The van der Waals surface area contributed by atoms with Crippen LogP contribution >= 0.6 is 0 Å². The van der Waals surface area contributed by atoms with E-state index in [9.17, 15) is 4.79 Å². The van der Waals surface area contributed by atoms with Gasteiger partial charge in [0.05, 0.1) is 6.20 Å². The van der Waals surface area contributed by atoms with Crippen LogP contribution in [0.4, 0.5) is 5.82 Å². The molecule has 0 fully saturated rings. The number of hydrogen-bond donors (Lipinski definition) is 2. The maximum Gasteiger partial charge on any atom is 0.263 e. The van der Waals surface area contributed by atoms with E-state index in [2.05, 4.69) is 15.5 Å². The number of benzene rings is 1. The van der Waals surface area contributed by atoms with Crippen LogP contribution in [0.15, 0.2) is 18.3 Å². The summed E-state index contributed by atoms with van der Waals surface area (Å²) < 4.78 is 5.63. The maximum atomic E-state index is 11.8. The standard InChI is InChI=1S/C15H19N3O2/c1-9-5-10(2)14(11(3)6-9)20-8-13(19)17-15-12(4)7-16-18-15/h5-7H,8H2,1-4H3,(H2,16,17,18,19). The summed E-state index contributed by atoms with van der Waals surface area (Å²) in [6, 6.07) is 4.08. The molecule has 2 aromatic rings. The Morgan fingerprint density at radius 3 is 2.40 bits per heavy atom. The van der Waals surface area contributed by atoms with Crippen LogP contribution in [0.1, 0.15) is 22.3 Å². The molecule has 0 atom stereocenters. The third-order valence-corrected chi connectivity index (χ3v) is 3.05. The van der Waals surface area contributed by atoms with Crippen molar-refractivity contribution in [2.75, 3.05) is 11.9 Å². The number of amides is 1. The fourth-order valence-corrected chi connectivity index (χ4v) is 2.18. The first-order valence-corrected chi connectivity index (χ1v) is 6.48. The van der Waals surface area contributed by atoms with Crippen LogP contribution in [0.3, 0.4) is 0 Å². The van der Waals surface area contributed by atoms with Crippen LogP contribution in [-0.4, -0.2) is 22.7 Å². The average molecular weight is 273 g/mol. The van der Waals surface area contributed by atoms with Gasteiger partial charge in [0, 0.05) is 5.56 Å². The highest BCUT2D eigenvalue weighted by atomic mass is 16.5. The molecule has 0 bridgehead atoms. The molecule has 0 saturated heterocycles. The van der Waals surface area contributed by atoms with Gasteiger partial charge in [-0.15, -0.1) is 0 Å². The van der Waals surface area contributed by atoms with Gasteiger partial charge in [-0.25, -0.2) is 0 Å². The van der Waals surface area contributed by atoms with Crippen LogP contribution in [0.2, 0.25) is 0 Å². The lowest BCUT2D eigenvalue weighted by Crippen LogP contribution is -2.21. The minimum absolute atomic E-state index is 0.0246. The number of carbonyl (C=O) groups excluding carboxylic acids is 1. The second-order valence-corrected chi connectivity index (χ2v) is 4.99. The number of aryl methyl sites for hydroxylation is 4. The van der Waals surface area contributed by atoms with Gasteiger partial charge >= 0.3 is 0 Å². The topological polar surface area (TPSA) is 67.0 Å². The summed E-state index contributed by atoms with van der Waals surface area (Å²) in [7, 11) is 0. The Morgan fingerprint density at radius 2 is 1.85 bits per heavy atom. The monoisotopic (exact) mass is 273 g/mol. The van der Waals surface area contributed by atoms with Crippen LogP contribution < -0.4 is 10.1 Å². The average Bonchev–Trinajstić information content (AvgIpc) is 2.73. The van der Waals surface area contributed by atoms with Gasteiger partial charge in [0.15, 0.2) is 6.61 Å². The lowest BCUT2D eigenvalue weighted by Gasteiger charge is -2.13. The zero-order valence-corrected chi connectivity index (χ0v) is 12.2. The molecule has 1 heterocycles. The highest BCUT2D eigenvalue weighted by Gasteiger charge is 2.10. The number of nitrogens with one attached hydrogen (secondary N) is 2. The Balaban J connectivity index is 1.99. The molecule has 20 heavy (non-hydrogen) atoms. The predicted molar refractivity (Wildman–Crippen MR) is 78.1 cm³/mol. The Kier molecular flexibility index (Phi) is 4.08. The molecule has 0 aliphatic heterocycles. The summed E-state index contributed by atoms with van der Waals surface area (Å²) in [5.74, 6) is 1.17. The number of rotatable bonds is 4. The largest absolute Gasteiger partial charge is 0.483 e. The first-order chi connectivity index (χ1) is 9.47. The van der Waals surface area contributed by atoms with E-state index in [1.54, 1.807) is 6.20 Å². The number of aromatic nitrogens is 2. The van der Waals surface area contributed by atoms with Crippen molar-refractivity contribution in [1.29, 1.82) is 0 Å². The molecule has 5 nitrogen and oxygen atoms in total. The molecule has 106 valence electrons. The predicted octanol–water partition coefficient (Wildman–Crippen LogP) is 2.66. The molecule has 0 spiro atoms. The number of anilines is 1. The first kappa shape index (κ1) is 14.1. The molecule has 0 unspecified atom stereocenters. The minimum atomic E-state index is -0.211. The lowest BCUT2D eigenvalue weighted by molar-refractivity contribution is -0.118. The van der Waals surface area contributed by atoms with Crippen molar-refractivity contribution in [2.24, 2.45) is 0 Å². The van der Waals surface area contributed by atoms with E-state index in [0.717, 1.165) is 22.4 Å². The summed E-state index contributed by atoms with van der Waals surface area (Å²) in [4.78, 5) is 11.8. The van der Waals surface area contributed by atoms with Crippen molar-refractivity contribution >= 4 is 11.7 Å². The normalized spacial score (nSPS) is 10.4. The molecule has 5 heteroatoms. The SMILES string of the molecule is Cc1cc(C)c(OCC(=O)Nc2[nH]ncc2C)c(C)c1. The first-order valence-electron chi connectivity index (χ1n) is 6.48. The summed E-state index contributed by atoms with van der Waals surface area (Å²) in [5, 5.41) is 9.31.